The molecule has 1 aromatic heterocycles. The molecule has 14 heavy (non-hydrogen) atoms. The van der Waals surface area contributed by atoms with Gasteiger partial charge in [0.25, 0.3) is 0 Å². The van der Waals surface area contributed by atoms with Crippen LogP contribution in [0.4, 0.5) is 0 Å². The van der Waals surface area contributed by atoms with E-state index in [0.29, 0.717) is 5.69 Å². The van der Waals surface area contributed by atoms with Crippen molar-refractivity contribution in [3.05, 3.63) is 10.8 Å². The summed E-state index contributed by atoms with van der Waals surface area (Å²) in [7, 11) is -2.23. The highest BCUT2D eigenvalue weighted by Crippen LogP contribution is 2.28. The van der Waals surface area contributed by atoms with Gasteiger partial charge in [-0.2, -0.15) is 5.10 Å². The molecule has 0 aliphatic rings. The molecular weight excluding hydrogens is 226 g/mol. The molecule has 1 aromatic rings. The van der Waals surface area contributed by atoms with Crippen LogP contribution in [-0.4, -0.2) is 18.2 Å². The van der Waals surface area contributed by atoms with Crippen LogP contribution >= 0.6 is 11.6 Å². The quantitative estimate of drug-likeness (QED) is 0.828. The lowest BCUT2D eigenvalue weighted by Gasteiger charge is -2.02. The number of hydrogen-bond donors (Lipinski definition) is 1. The van der Waals surface area contributed by atoms with Crippen molar-refractivity contribution in [3.8, 4) is 0 Å². The fourth-order valence-electron chi connectivity index (χ4n) is 1.14. The average molecular weight is 238 g/mol. The van der Waals surface area contributed by atoms with Crippen LogP contribution in [0.5, 0.6) is 0 Å². The first kappa shape index (κ1) is 11.5. The molecule has 7 heteroatoms. The van der Waals surface area contributed by atoms with Crippen LogP contribution in [-0.2, 0) is 17.1 Å². The van der Waals surface area contributed by atoms with Crippen LogP contribution in [0.15, 0.2) is 4.90 Å². The Hall–Kier alpha value is -0.590. The molecule has 1 heterocycles. The second-order valence-electron chi connectivity index (χ2n) is 3.33. The number of sulfonamides is 1. The number of rotatable bonds is 2. The summed E-state index contributed by atoms with van der Waals surface area (Å²) < 4.78 is 23.8. The standard InChI is InChI=1S/C7H12ClN3O2S/c1-4(2)5-6(14(9,12)13)7(8)11(3)10-5/h4H,1-3H3,(H2,9,12,13). The van der Waals surface area contributed by atoms with Crippen LogP contribution in [0, 0.1) is 0 Å². The summed E-state index contributed by atoms with van der Waals surface area (Å²) in [6.07, 6.45) is 0. The van der Waals surface area contributed by atoms with Gasteiger partial charge in [-0.25, -0.2) is 13.6 Å². The number of hydrogen-bond acceptors (Lipinski definition) is 3. The lowest BCUT2D eigenvalue weighted by atomic mass is 10.1. The molecule has 1 rings (SSSR count). The second kappa shape index (κ2) is 3.52. The minimum Gasteiger partial charge on any atom is -0.255 e. The molecule has 0 aliphatic heterocycles. The minimum absolute atomic E-state index is 0.0398. The first-order valence-electron chi connectivity index (χ1n) is 4.00. The number of aromatic nitrogens is 2. The summed E-state index contributed by atoms with van der Waals surface area (Å²) >= 11 is 5.78. The zero-order chi connectivity index (χ0) is 11.1. The third-order valence-corrected chi connectivity index (χ3v) is 3.31. The SMILES string of the molecule is CC(C)c1nn(C)c(Cl)c1S(N)(=O)=O. The first-order valence-corrected chi connectivity index (χ1v) is 5.92. The molecule has 0 saturated heterocycles. The lowest BCUT2D eigenvalue weighted by Crippen LogP contribution is -2.14. The van der Waals surface area contributed by atoms with Crippen molar-refractivity contribution < 1.29 is 8.42 Å². The van der Waals surface area contributed by atoms with Crippen LogP contribution < -0.4 is 5.14 Å². The highest BCUT2D eigenvalue weighted by Gasteiger charge is 2.25. The maximum atomic E-state index is 11.2. The van der Waals surface area contributed by atoms with Crippen molar-refractivity contribution >= 4 is 21.6 Å². The normalized spacial score (nSPS) is 12.4. The zero-order valence-electron chi connectivity index (χ0n) is 8.15. The van der Waals surface area contributed by atoms with E-state index in [0.717, 1.165) is 0 Å². The van der Waals surface area contributed by atoms with Crippen molar-refractivity contribution in [1.82, 2.24) is 9.78 Å². The number of aryl methyl sites for hydroxylation is 1. The van der Waals surface area contributed by atoms with E-state index >= 15 is 0 Å². The molecule has 0 saturated carbocycles. The van der Waals surface area contributed by atoms with Gasteiger partial charge in [0, 0.05) is 7.05 Å². The van der Waals surface area contributed by atoms with Crippen molar-refractivity contribution in [2.45, 2.75) is 24.7 Å². The smallest absolute Gasteiger partial charge is 0.243 e. The van der Waals surface area contributed by atoms with Gasteiger partial charge in [-0.05, 0) is 5.92 Å². The third-order valence-electron chi connectivity index (χ3n) is 1.79. The Bertz CT molecular complexity index is 450. The van der Waals surface area contributed by atoms with Gasteiger partial charge in [-0.15, -0.1) is 0 Å². The van der Waals surface area contributed by atoms with Gasteiger partial charge in [0.15, 0.2) is 0 Å². The predicted molar refractivity (Wildman–Crippen MR) is 53.7 cm³/mol. The van der Waals surface area contributed by atoms with Crippen molar-refractivity contribution in [2.24, 2.45) is 12.2 Å². The Morgan fingerprint density at radius 2 is 2.00 bits per heavy atom. The topological polar surface area (TPSA) is 78.0 Å². The predicted octanol–water partition coefficient (Wildman–Crippen LogP) is 0.844. The molecule has 0 bridgehead atoms. The number of halogens is 1. The molecule has 5 nitrogen and oxygen atoms in total. The molecule has 0 aromatic carbocycles. The van der Waals surface area contributed by atoms with Gasteiger partial charge in [0.1, 0.15) is 10.0 Å². The maximum Gasteiger partial charge on any atom is 0.243 e. The molecule has 2 N–H and O–H groups in total. The molecule has 0 atom stereocenters. The Kier molecular flexibility index (Phi) is 2.89. The summed E-state index contributed by atoms with van der Waals surface area (Å²) in [6, 6.07) is 0. The molecule has 0 aliphatic carbocycles. The highest BCUT2D eigenvalue weighted by molar-refractivity contribution is 7.89. The van der Waals surface area contributed by atoms with Gasteiger partial charge in [0.05, 0.1) is 5.69 Å². The van der Waals surface area contributed by atoms with Gasteiger partial charge in [-0.3, -0.25) is 4.68 Å². The van der Waals surface area contributed by atoms with E-state index in [1.165, 1.54) is 4.68 Å². The average Bonchev–Trinajstić information content (AvgIpc) is 2.27. The Morgan fingerprint density at radius 3 is 2.29 bits per heavy atom. The summed E-state index contributed by atoms with van der Waals surface area (Å²) in [5.41, 5.74) is 0.403. The van der Waals surface area contributed by atoms with E-state index < -0.39 is 10.0 Å². The summed E-state index contributed by atoms with van der Waals surface area (Å²) in [6.45, 7) is 3.65. The Labute approximate surface area is 87.9 Å². The van der Waals surface area contributed by atoms with Crippen LogP contribution in [0.25, 0.3) is 0 Å². The molecule has 0 spiro atoms. The molecule has 0 fully saturated rings. The van der Waals surface area contributed by atoms with E-state index in [-0.39, 0.29) is 16.0 Å². The van der Waals surface area contributed by atoms with E-state index in [4.69, 9.17) is 16.7 Å². The molecule has 0 unspecified atom stereocenters. The molecular formula is C7H12ClN3O2S. The van der Waals surface area contributed by atoms with Crippen molar-refractivity contribution in [1.29, 1.82) is 0 Å². The maximum absolute atomic E-state index is 11.2. The van der Waals surface area contributed by atoms with E-state index in [9.17, 15) is 8.42 Å². The molecule has 80 valence electrons. The number of nitrogens with zero attached hydrogens (tertiary/aromatic N) is 2. The first-order chi connectivity index (χ1) is 6.25. The molecule has 0 amide bonds. The van der Waals surface area contributed by atoms with E-state index in [1.807, 2.05) is 13.8 Å². The van der Waals surface area contributed by atoms with Gasteiger partial charge >= 0.3 is 0 Å². The monoisotopic (exact) mass is 237 g/mol. The summed E-state index contributed by atoms with van der Waals surface area (Å²) in [5.74, 6) is -0.0398. The highest BCUT2D eigenvalue weighted by atomic mass is 35.5. The third kappa shape index (κ3) is 1.92. The zero-order valence-corrected chi connectivity index (χ0v) is 9.72. The summed E-state index contributed by atoms with van der Waals surface area (Å²) in [5, 5.41) is 9.10. The van der Waals surface area contributed by atoms with E-state index in [2.05, 4.69) is 5.10 Å². The minimum atomic E-state index is -3.80. The van der Waals surface area contributed by atoms with Crippen molar-refractivity contribution in [3.63, 3.8) is 0 Å². The van der Waals surface area contributed by atoms with Crippen LogP contribution in [0.2, 0.25) is 5.15 Å². The Balaban J connectivity index is 3.55. The summed E-state index contributed by atoms with van der Waals surface area (Å²) in [4.78, 5) is -0.0725. The van der Waals surface area contributed by atoms with Gasteiger partial charge < -0.3 is 0 Å². The van der Waals surface area contributed by atoms with Crippen LogP contribution in [0.3, 0.4) is 0 Å². The lowest BCUT2D eigenvalue weighted by molar-refractivity contribution is 0.595. The Morgan fingerprint density at radius 1 is 1.50 bits per heavy atom. The van der Waals surface area contributed by atoms with Crippen LogP contribution in [0.1, 0.15) is 25.5 Å². The largest absolute Gasteiger partial charge is 0.255 e. The van der Waals surface area contributed by atoms with Gasteiger partial charge in [0.2, 0.25) is 10.0 Å². The van der Waals surface area contributed by atoms with Crippen molar-refractivity contribution in [2.75, 3.05) is 0 Å². The van der Waals surface area contributed by atoms with Gasteiger partial charge in [-0.1, -0.05) is 25.4 Å². The second-order valence-corrected chi connectivity index (χ2v) is 5.18. The fourth-order valence-corrected chi connectivity index (χ4v) is 2.54. The fraction of sp³-hybridized carbons (Fsp3) is 0.571. The number of primary sulfonamides is 1. The molecule has 0 radical (unpaired) electrons. The number of nitrogens with two attached hydrogens (primary N) is 1. The van der Waals surface area contributed by atoms with E-state index in [1.54, 1.807) is 7.05 Å².